The van der Waals surface area contributed by atoms with Crippen LogP contribution in [0.4, 0.5) is 0 Å². The zero-order chi connectivity index (χ0) is 7.94. The van der Waals surface area contributed by atoms with E-state index in [2.05, 4.69) is 15.9 Å². The van der Waals surface area contributed by atoms with E-state index in [9.17, 15) is 0 Å². The van der Waals surface area contributed by atoms with Gasteiger partial charge >= 0.3 is 0 Å². The summed E-state index contributed by atoms with van der Waals surface area (Å²) < 4.78 is 10.8. The minimum atomic E-state index is 0.364. The molecule has 0 aromatic carbocycles. The first-order valence-corrected chi connectivity index (χ1v) is 5.31. The van der Waals surface area contributed by atoms with E-state index >= 15 is 0 Å². The van der Waals surface area contributed by atoms with Gasteiger partial charge in [-0.25, -0.2) is 0 Å². The molecule has 0 aromatic heterocycles. The van der Waals surface area contributed by atoms with Gasteiger partial charge in [0.1, 0.15) is 0 Å². The molecule has 0 amide bonds. The van der Waals surface area contributed by atoms with Gasteiger partial charge < -0.3 is 9.47 Å². The van der Waals surface area contributed by atoms with Crippen LogP contribution in [-0.4, -0.2) is 31.3 Å². The van der Waals surface area contributed by atoms with Crippen molar-refractivity contribution in [3.63, 3.8) is 0 Å². The molecular weight excluding hydrogens is 208 g/mol. The minimum absolute atomic E-state index is 0.364. The Labute approximate surface area is 76.4 Å². The van der Waals surface area contributed by atoms with E-state index < -0.39 is 0 Å². The summed E-state index contributed by atoms with van der Waals surface area (Å²) in [4.78, 5) is 0. The summed E-state index contributed by atoms with van der Waals surface area (Å²) in [6.45, 7) is 2.48. The van der Waals surface area contributed by atoms with Crippen LogP contribution in [-0.2, 0) is 9.47 Å². The molecular formula is C8H15BrO2. The molecule has 0 spiro atoms. The van der Waals surface area contributed by atoms with Gasteiger partial charge in [0.25, 0.3) is 0 Å². The molecule has 3 heteroatoms. The lowest BCUT2D eigenvalue weighted by atomic mass is 10.1. The van der Waals surface area contributed by atoms with Gasteiger partial charge in [-0.1, -0.05) is 15.9 Å². The van der Waals surface area contributed by atoms with Crippen LogP contribution in [0.1, 0.15) is 19.3 Å². The van der Waals surface area contributed by atoms with E-state index in [-0.39, 0.29) is 0 Å². The van der Waals surface area contributed by atoms with Gasteiger partial charge in [-0.2, -0.15) is 0 Å². The fraction of sp³-hybridized carbons (Fsp3) is 1.00. The van der Waals surface area contributed by atoms with E-state index in [1.54, 1.807) is 0 Å². The molecule has 11 heavy (non-hydrogen) atoms. The van der Waals surface area contributed by atoms with Crippen molar-refractivity contribution in [1.29, 1.82) is 0 Å². The van der Waals surface area contributed by atoms with Gasteiger partial charge in [0.2, 0.25) is 0 Å². The Kier molecular flexibility index (Phi) is 5.15. The van der Waals surface area contributed by atoms with Gasteiger partial charge in [0, 0.05) is 11.9 Å². The zero-order valence-corrected chi connectivity index (χ0v) is 8.31. The maximum Gasteiger partial charge on any atom is 0.0808 e. The third-order valence-corrected chi connectivity index (χ3v) is 2.12. The van der Waals surface area contributed by atoms with Crippen molar-refractivity contribution in [2.45, 2.75) is 25.4 Å². The molecule has 0 aliphatic carbocycles. The SMILES string of the molecule is BrCCOCC1CCCCO1. The lowest BCUT2D eigenvalue weighted by Gasteiger charge is -2.21. The molecule has 1 fully saturated rings. The maximum absolute atomic E-state index is 5.48. The molecule has 1 rings (SSSR count). The molecule has 1 aliphatic rings. The molecule has 1 heterocycles. The van der Waals surface area contributed by atoms with Crippen molar-refractivity contribution >= 4 is 15.9 Å². The van der Waals surface area contributed by atoms with Crippen molar-refractivity contribution in [1.82, 2.24) is 0 Å². The van der Waals surface area contributed by atoms with Crippen molar-refractivity contribution in [3.8, 4) is 0 Å². The highest BCUT2D eigenvalue weighted by atomic mass is 79.9. The third-order valence-electron chi connectivity index (χ3n) is 1.80. The molecule has 1 unspecified atom stereocenters. The van der Waals surface area contributed by atoms with Crippen molar-refractivity contribution < 1.29 is 9.47 Å². The van der Waals surface area contributed by atoms with Crippen LogP contribution < -0.4 is 0 Å². The molecule has 0 bridgehead atoms. The van der Waals surface area contributed by atoms with Crippen LogP contribution in [0.25, 0.3) is 0 Å². The summed E-state index contributed by atoms with van der Waals surface area (Å²) in [5.41, 5.74) is 0. The Balaban J connectivity index is 1.96. The Morgan fingerprint density at radius 3 is 3.00 bits per heavy atom. The first-order valence-electron chi connectivity index (χ1n) is 4.19. The number of ether oxygens (including phenoxy) is 2. The molecule has 0 N–H and O–H groups in total. The van der Waals surface area contributed by atoms with Crippen LogP contribution in [0, 0.1) is 0 Å². The van der Waals surface area contributed by atoms with Crippen LogP contribution in [0.2, 0.25) is 0 Å². The second kappa shape index (κ2) is 5.98. The third kappa shape index (κ3) is 4.09. The molecule has 66 valence electrons. The van der Waals surface area contributed by atoms with Crippen LogP contribution in [0.3, 0.4) is 0 Å². The molecule has 1 aliphatic heterocycles. The van der Waals surface area contributed by atoms with Crippen molar-refractivity contribution in [2.75, 3.05) is 25.2 Å². The summed E-state index contributed by atoms with van der Waals surface area (Å²) in [6.07, 6.45) is 4.04. The summed E-state index contributed by atoms with van der Waals surface area (Å²) >= 11 is 3.31. The molecule has 0 radical (unpaired) electrons. The normalized spacial score (nSPS) is 25.4. The lowest BCUT2D eigenvalue weighted by Crippen LogP contribution is -2.24. The largest absolute Gasteiger partial charge is 0.378 e. The standard InChI is InChI=1S/C8H15BrO2/c9-4-6-10-7-8-3-1-2-5-11-8/h8H,1-7H2. The van der Waals surface area contributed by atoms with Crippen molar-refractivity contribution in [2.24, 2.45) is 0 Å². The van der Waals surface area contributed by atoms with E-state index in [1.807, 2.05) is 0 Å². The number of hydrogen-bond acceptors (Lipinski definition) is 2. The fourth-order valence-corrected chi connectivity index (χ4v) is 1.44. The molecule has 0 aromatic rings. The van der Waals surface area contributed by atoms with Gasteiger partial charge in [-0.15, -0.1) is 0 Å². The average Bonchev–Trinajstić information content (AvgIpc) is 2.07. The van der Waals surface area contributed by atoms with E-state index in [4.69, 9.17) is 9.47 Å². The first kappa shape index (κ1) is 9.49. The summed E-state index contributed by atoms with van der Waals surface area (Å²) in [5.74, 6) is 0. The fourth-order valence-electron chi connectivity index (χ4n) is 1.21. The Hall–Kier alpha value is 0.400. The second-order valence-electron chi connectivity index (χ2n) is 2.75. The number of rotatable bonds is 4. The Bertz CT molecular complexity index is 92.1. The lowest BCUT2D eigenvalue weighted by molar-refractivity contribution is -0.0375. The number of hydrogen-bond donors (Lipinski definition) is 0. The van der Waals surface area contributed by atoms with E-state index in [1.165, 1.54) is 19.3 Å². The minimum Gasteiger partial charge on any atom is -0.378 e. The highest BCUT2D eigenvalue weighted by Gasteiger charge is 2.12. The monoisotopic (exact) mass is 222 g/mol. The molecule has 1 saturated heterocycles. The highest BCUT2D eigenvalue weighted by molar-refractivity contribution is 9.09. The average molecular weight is 223 g/mol. The second-order valence-corrected chi connectivity index (χ2v) is 3.55. The van der Waals surface area contributed by atoms with Crippen LogP contribution in [0.15, 0.2) is 0 Å². The van der Waals surface area contributed by atoms with Gasteiger partial charge in [0.15, 0.2) is 0 Å². The summed E-state index contributed by atoms with van der Waals surface area (Å²) in [6, 6.07) is 0. The predicted molar refractivity (Wildman–Crippen MR) is 48.2 cm³/mol. The maximum atomic E-state index is 5.48. The van der Waals surface area contributed by atoms with Gasteiger partial charge in [-0.05, 0) is 19.3 Å². The van der Waals surface area contributed by atoms with Crippen molar-refractivity contribution in [3.05, 3.63) is 0 Å². The Morgan fingerprint density at radius 1 is 1.45 bits per heavy atom. The van der Waals surface area contributed by atoms with E-state index in [0.717, 1.165) is 25.2 Å². The number of halogens is 1. The first-order chi connectivity index (χ1) is 5.43. The zero-order valence-electron chi connectivity index (χ0n) is 6.72. The van der Waals surface area contributed by atoms with Crippen LogP contribution in [0.5, 0.6) is 0 Å². The number of alkyl halides is 1. The Morgan fingerprint density at radius 2 is 2.36 bits per heavy atom. The molecule has 1 atom stereocenters. The predicted octanol–water partition coefficient (Wildman–Crippen LogP) is 1.97. The topological polar surface area (TPSA) is 18.5 Å². The summed E-state index contributed by atoms with van der Waals surface area (Å²) in [5, 5.41) is 0.916. The van der Waals surface area contributed by atoms with Gasteiger partial charge in [-0.3, -0.25) is 0 Å². The quantitative estimate of drug-likeness (QED) is 0.535. The summed E-state index contributed by atoms with van der Waals surface area (Å²) in [7, 11) is 0. The highest BCUT2D eigenvalue weighted by Crippen LogP contribution is 2.12. The molecule has 0 saturated carbocycles. The van der Waals surface area contributed by atoms with Crippen LogP contribution >= 0.6 is 15.9 Å². The van der Waals surface area contributed by atoms with Gasteiger partial charge in [0.05, 0.1) is 19.3 Å². The molecule has 2 nitrogen and oxygen atoms in total. The smallest absolute Gasteiger partial charge is 0.0808 e. The van der Waals surface area contributed by atoms with E-state index in [0.29, 0.717) is 6.10 Å².